The Morgan fingerprint density at radius 1 is 1.28 bits per heavy atom. The van der Waals surface area contributed by atoms with Gasteiger partial charge in [0.05, 0.1) is 12.7 Å². The van der Waals surface area contributed by atoms with Gasteiger partial charge < -0.3 is 19.3 Å². The van der Waals surface area contributed by atoms with Crippen molar-refractivity contribution in [2.24, 2.45) is 0 Å². The number of benzene rings is 2. The molecule has 1 aliphatic heterocycles. The second kappa shape index (κ2) is 6.98. The summed E-state index contributed by atoms with van der Waals surface area (Å²) in [6, 6.07) is 10.0. The third-order valence-corrected chi connectivity index (χ3v) is 3.98. The van der Waals surface area contributed by atoms with Crippen LogP contribution in [0.4, 0.5) is 0 Å². The van der Waals surface area contributed by atoms with Crippen LogP contribution in [0.15, 0.2) is 46.6 Å². The van der Waals surface area contributed by atoms with Gasteiger partial charge in [0.2, 0.25) is 5.78 Å². The first-order valence-electron chi connectivity index (χ1n) is 7.24. The van der Waals surface area contributed by atoms with E-state index in [9.17, 15) is 9.59 Å². The van der Waals surface area contributed by atoms with Gasteiger partial charge in [-0.2, -0.15) is 0 Å². The Morgan fingerprint density at radius 3 is 2.80 bits per heavy atom. The zero-order chi connectivity index (χ0) is 18.0. The summed E-state index contributed by atoms with van der Waals surface area (Å²) in [5, 5.41) is 8.65. The Bertz CT molecular complexity index is 887. The second-order valence-corrected chi connectivity index (χ2v) is 6.08. The van der Waals surface area contributed by atoms with Gasteiger partial charge in [-0.3, -0.25) is 4.79 Å². The zero-order valence-corrected chi connectivity index (χ0v) is 14.7. The number of halogens is 1. The highest BCUT2D eigenvalue weighted by molar-refractivity contribution is 9.10. The maximum atomic E-state index is 12.5. The van der Waals surface area contributed by atoms with E-state index in [-0.39, 0.29) is 11.5 Å². The molecule has 0 fully saturated rings. The molecule has 0 atom stereocenters. The standard InChI is InChI=1S/C18H13BrO6/c1-23-14-5-2-11(19)6-10(14)7-16-18(22)13-4-3-12(8-15(13)25-16)24-9-17(20)21/h2-8H,9H2,1H3,(H,20,21)/b16-7-. The van der Waals surface area contributed by atoms with E-state index in [2.05, 4.69) is 15.9 Å². The Morgan fingerprint density at radius 2 is 2.08 bits per heavy atom. The normalized spacial score (nSPS) is 14.2. The number of hydrogen-bond donors (Lipinski definition) is 1. The number of carbonyl (C=O) groups is 2. The lowest BCUT2D eigenvalue weighted by atomic mass is 10.1. The van der Waals surface area contributed by atoms with E-state index in [4.69, 9.17) is 19.3 Å². The molecule has 0 unspecified atom stereocenters. The molecule has 1 N–H and O–H groups in total. The monoisotopic (exact) mass is 404 g/mol. The predicted molar refractivity (Wildman–Crippen MR) is 93.2 cm³/mol. The van der Waals surface area contributed by atoms with E-state index in [0.29, 0.717) is 28.4 Å². The van der Waals surface area contributed by atoms with Gasteiger partial charge in [-0.15, -0.1) is 0 Å². The number of ketones is 1. The van der Waals surface area contributed by atoms with Gasteiger partial charge in [0.15, 0.2) is 12.4 Å². The van der Waals surface area contributed by atoms with Crippen molar-refractivity contribution in [2.75, 3.05) is 13.7 Å². The van der Waals surface area contributed by atoms with Crippen molar-refractivity contribution in [3.8, 4) is 17.2 Å². The van der Waals surface area contributed by atoms with Crippen LogP contribution in [-0.2, 0) is 4.79 Å². The van der Waals surface area contributed by atoms with Crippen LogP contribution in [0.3, 0.4) is 0 Å². The van der Waals surface area contributed by atoms with Crippen LogP contribution in [0.2, 0.25) is 0 Å². The number of methoxy groups -OCH3 is 1. The van der Waals surface area contributed by atoms with Crippen molar-refractivity contribution in [1.29, 1.82) is 0 Å². The molecule has 0 aliphatic carbocycles. The van der Waals surface area contributed by atoms with Crippen LogP contribution in [0.1, 0.15) is 15.9 Å². The Kier molecular flexibility index (Phi) is 4.76. The third kappa shape index (κ3) is 3.66. The van der Waals surface area contributed by atoms with Crippen LogP contribution >= 0.6 is 15.9 Å². The van der Waals surface area contributed by atoms with Gasteiger partial charge in [-0.25, -0.2) is 4.79 Å². The van der Waals surface area contributed by atoms with Gasteiger partial charge in [0.1, 0.15) is 17.2 Å². The number of allylic oxidation sites excluding steroid dienone is 1. The smallest absolute Gasteiger partial charge is 0.341 e. The number of rotatable bonds is 5. The minimum atomic E-state index is -1.08. The molecule has 0 saturated carbocycles. The van der Waals surface area contributed by atoms with Crippen molar-refractivity contribution in [2.45, 2.75) is 0 Å². The summed E-state index contributed by atoms with van der Waals surface area (Å²) in [6.45, 7) is -0.468. The SMILES string of the molecule is COc1ccc(Br)cc1/C=C1\Oc2cc(OCC(=O)O)ccc2C1=O. The predicted octanol–water partition coefficient (Wildman–Crippen LogP) is 3.54. The minimum Gasteiger partial charge on any atom is -0.496 e. The van der Waals surface area contributed by atoms with Gasteiger partial charge in [0, 0.05) is 16.1 Å². The first-order chi connectivity index (χ1) is 12.0. The van der Waals surface area contributed by atoms with E-state index < -0.39 is 12.6 Å². The molecule has 0 aromatic heterocycles. The molecule has 1 aliphatic rings. The fourth-order valence-electron chi connectivity index (χ4n) is 2.36. The number of aliphatic carboxylic acids is 1. The molecule has 2 aromatic rings. The fourth-order valence-corrected chi connectivity index (χ4v) is 2.74. The number of carbonyl (C=O) groups excluding carboxylic acids is 1. The summed E-state index contributed by atoms with van der Waals surface area (Å²) in [5.74, 6) is 0.0558. The maximum Gasteiger partial charge on any atom is 0.341 e. The van der Waals surface area contributed by atoms with Crippen molar-refractivity contribution in [3.63, 3.8) is 0 Å². The highest BCUT2D eigenvalue weighted by Gasteiger charge is 2.28. The quantitative estimate of drug-likeness (QED) is 0.767. The molecule has 6 nitrogen and oxygen atoms in total. The topological polar surface area (TPSA) is 82.1 Å². The lowest BCUT2D eigenvalue weighted by molar-refractivity contribution is -0.139. The Balaban J connectivity index is 1.90. The summed E-state index contributed by atoms with van der Waals surface area (Å²) < 4.78 is 16.8. The molecule has 0 saturated heterocycles. The molecule has 3 rings (SSSR count). The second-order valence-electron chi connectivity index (χ2n) is 5.17. The Hall–Kier alpha value is -2.80. The average molecular weight is 405 g/mol. The van der Waals surface area contributed by atoms with Gasteiger partial charge in [-0.1, -0.05) is 15.9 Å². The number of ether oxygens (including phenoxy) is 3. The zero-order valence-electron chi connectivity index (χ0n) is 13.1. The van der Waals surface area contributed by atoms with Crippen LogP contribution in [0, 0.1) is 0 Å². The van der Waals surface area contributed by atoms with E-state index >= 15 is 0 Å². The first-order valence-corrected chi connectivity index (χ1v) is 8.03. The van der Waals surface area contributed by atoms with E-state index in [1.807, 2.05) is 12.1 Å². The van der Waals surface area contributed by atoms with Crippen LogP contribution in [0.5, 0.6) is 17.2 Å². The fraction of sp³-hybridized carbons (Fsp3) is 0.111. The van der Waals surface area contributed by atoms with E-state index in [0.717, 1.165) is 4.47 Å². The summed E-state index contributed by atoms with van der Waals surface area (Å²) in [5.41, 5.74) is 1.08. The highest BCUT2D eigenvalue weighted by atomic mass is 79.9. The molecular weight excluding hydrogens is 392 g/mol. The molecule has 1 heterocycles. The highest BCUT2D eigenvalue weighted by Crippen LogP contribution is 2.36. The minimum absolute atomic E-state index is 0.154. The number of hydrogen-bond acceptors (Lipinski definition) is 5. The average Bonchev–Trinajstić information content (AvgIpc) is 2.89. The summed E-state index contributed by atoms with van der Waals surface area (Å²) in [6.07, 6.45) is 1.60. The number of Topliss-reactive ketones (excluding diaryl/α,β-unsaturated/α-hetero) is 1. The van der Waals surface area contributed by atoms with Crippen molar-refractivity contribution < 1.29 is 28.9 Å². The van der Waals surface area contributed by atoms with Crippen molar-refractivity contribution in [3.05, 3.63) is 57.8 Å². The van der Waals surface area contributed by atoms with Gasteiger partial charge >= 0.3 is 5.97 Å². The summed E-state index contributed by atoms with van der Waals surface area (Å²) in [7, 11) is 1.55. The number of fused-ring (bicyclic) bond motifs is 1. The van der Waals surface area contributed by atoms with Crippen LogP contribution < -0.4 is 14.2 Å². The van der Waals surface area contributed by atoms with Gasteiger partial charge in [-0.05, 0) is 36.4 Å². The molecule has 2 aromatic carbocycles. The Labute approximate surface area is 151 Å². The molecule has 128 valence electrons. The van der Waals surface area contributed by atoms with Crippen molar-refractivity contribution in [1.82, 2.24) is 0 Å². The molecule has 7 heteroatoms. The molecular formula is C18H13BrO6. The number of carboxylic acids is 1. The van der Waals surface area contributed by atoms with Crippen molar-refractivity contribution >= 4 is 33.8 Å². The van der Waals surface area contributed by atoms with E-state index in [1.165, 1.54) is 12.1 Å². The molecule has 25 heavy (non-hydrogen) atoms. The molecule has 0 spiro atoms. The molecule has 0 amide bonds. The van der Waals surface area contributed by atoms with Crippen LogP contribution in [0.25, 0.3) is 6.08 Å². The molecule has 0 radical (unpaired) electrons. The first kappa shape index (κ1) is 17.0. The van der Waals surface area contributed by atoms with Gasteiger partial charge in [0.25, 0.3) is 0 Å². The maximum absolute atomic E-state index is 12.5. The van der Waals surface area contributed by atoms with Crippen LogP contribution in [-0.4, -0.2) is 30.6 Å². The summed E-state index contributed by atoms with van der Waals surface area (Å²) >= 11 is 3.38. The summed E-state index contributed by atoms with van der Waals surface area (Å²) in [4.78, 5) is 23.0. The molecule has 0 bridgehead atoms. The lowest BCUT2D eigenvalue weighted by Gasteiger charge is -2.06. The lowest BCUT2D eigenvalue weighted by Crippen LogP contribution is -2.09. The van der Waals surface area contributed by atoms with E-state index in [1.54, 1.807) is 25.3 Å². The third-order valence-electron chi connectivity index (χ3n) is 3.48. The number of carboxylic acid groups (broad SMARTS) is 1. The largest absolute Gasteiger partial charge is 0.496 e.